The maximum absolute atomic E-state index is 14.4. The lowest BCUT2D eigenvalue weighted by Gasteiger charge is -2.27. The molecular formula is C26H30NO2P. The average Bonchev–Trinajstić information content (AvgIpc) is 2.79. The second kappa shape index (κ2) is 10.5. The first-order chi connectivity index (χ1) is 14.5. The van der Waals surface area contributed by atoms with E-state index in [2.05, 4.69) is 12.0 Å². The molecule has 0 aliphatic heterocycles. The Morgan fingerprint density at radius 3 is 1.90 bits per heavy atom. The third-order valence-electron chi connectivity index (χ3n) is 5.30. The maximum atomic E-state index is 14.4. The molecule has 0 radical (unpaired) electrons. The van der Waals surface area contributed by atoms with E-state index in [1.54, 1.807) is 0 Å². The normalized spacial score (nSPS) is 12.5. The third-order valence-corrected chi connectivity index (χ3v) is 8.02. The molecule has 0 saturated carbocycles. The maximum Gasteiger partial charge on any atom is 0.205 e. The summed E-state index contributed by atoms with van der Waals surface area (Å²) in [5, 5.41) is 4.93. The molecule has 0 spiro atoms. The molecular weight excluding hydrogens is 389 g/mol. The van der Waals surface area contributed by atoms with Gasteiger partial charge in [-0.25, -0.2) is 0 Å². The monoisotopic (exact) mass is 419 g/mol. The van der Waals surface area contributed by atoms with Crippen LogP contribution in [0.25, 0.3) is 0 Å². The predicted octanol–water partition coefficient (Wildman–Crippen LogP) is 5.70. The molecule has 0 fully saturated rings. The van der Waals surface area contributed by atoms with Crippen LogP contribution in [0.1, 0.15) is 49.8 Å². The molecule has 0 bridgehead atoms. The van der Waals surface area contributed by atoms with Gasteiger partial charge in [-0.15, -0.1) is 0 Å². The summed E-state index contributed by atoms with van der Waals surface area (Å²) in [7, 11) is -3.14. The SMILES string of the molecule is CCCCC(=O)CC(NP(=O)(c1ccccc1)c1ccccc1)c1ccc(C)cc1. The van der Waals surface area contributed by atoms with Crippen LogP contribution >= 0.6 is 7.29 Å². The number of unbranched alkanes of at least 4 members (excludes halogenated alkanes) is 1. The van der Waals surface area contributed by atoms with Gasteiger partial charge < -0.3 is 0 Å². The minimum Gasteiger partial charge on any atom is -0.300 e. The van der Waals surface area contributed by atoms with Crippen molar-refractivity contribution in [3.8, 4) is 0 Å². The van der Waals surface area contributed by atoms with Crippen molar-refractivity contribution in [3.63, 3.8) is 0 Å². The van der Waals surface area contributed by atoms with Gasteiger partial charge in [0.2, 0.25) is 7.29 Å². The van der Waals surface area contributed by atoms with Crippen LogP contribution in [-0.2, 0) is 9.36 Å². The highest BCUT2D eigenvalue weighted by Crippen LogP contribution is 2.42. The molecule has 0 heterocycles. The van der Waals surface area contributed by atoms with Gasteiger partial charge in [-0.3, -0.25) is 14.4 Å². The van der Waals surface area contributed by atoms with Crippen LogP contribution in [0.15, 0.2) is 84.9 Å². The molecule has 3 rings (SSSR count). The minimum atomic E-state index is -3.14. The number of nitrogens with one attached hydrogen (secondary N) is 1. The van der Waals surface area contributed by atoms with Crippen molar-refractivity contribution in [2.75, 3.05) is 0 Å². The van der Waals surface area contributed by atoms with Crippen molar-refractivity contribution in [2.24, 2.45) is 0 Å². The summed E-state index contributed by atoms with van der Waals surface area (Å²) >= 11 is 0. The molecule has 0 aromatic heterocycles. The summed E-state index contributed by atoms with van der Waals surface area (Å²) in [6, 6.07) is 26.8. The Morgan fingerprint density at radius 1 is 0.867 bits per heavy atom. The molecule has 3 nitrogen and oxygen atoms in total. The number of hydrogen-bond donors (Lipinski definition) is 1. The van der Waals surface area contributed by atoms with Crippen LogP contribution in [0.4, 0.5) is 0 Å². The Kier molecular flexibility index (Phi) is 7.79. The standard InChI is InChI=1S/C26H30NO2P/c1-3-4-11-23(28)20-26(22-18-16-21(2)17-19-22)27-30(29,24-12-7-5-8-13-24)25-14-9-6-10-15-25/h5-10,12-19,26H,3-4,11,20H2,1-2H3,(H,27,29). The number of ketones is 1. The van der Waals surface area contributed by atoms with E-state index in [9.17, 15) is 9.36 Å². The van der Waals surface area contributed by atoms with Gasteiger partial charge in [0.25, 0.3) is 0 Å². The Hall–Kier alpha value is -2.48. The fourth-order valence-electron chi connectivity index (χ4n) is 3.53. The van der Waals surface area contributed by atoms with Crippen LogP contribution < -0.4 is 15.7 Å². The number of aryl methyl sites for hydroxylation is 1. The van der Waals surface area contributed by atoms with Crippen LogP contribution in [0.2, 0.25) is 0 Å². The van der Waals surface area contributed by atoms with E-state index in [1.165, 1.54) is 0 Å². The minimum absolute atomic E-state index is 0.197. The first-order valence-electron chi connectivity index (χ1n) is 10.6. The van der Waals surface area contributed by atoms with Crippen molar-refractivity contribution in [2.45, 2.75) is 45.6 Å². The van der Waals surface area contributed by atoms with Gasteiger partial charge >= 0.3 is 0 Å². The van der Waals surface area contributed by atoms with E-state index in [-0.39, 0.29) is 11.8 Å². The van der Waals surface area contributed by atoms with Crippen molar-refractivity contribution in [1.82, 2.24) is 5.09 Å². The lowest BCUT2D eigenvalue weighted by molar-refractivity contribution is -0.119. The van der Waals surface area contributed by atoms with Crippen molar-refractivity contribution in [1.29, 1.82) is 0 Å². The van der Waals surface area contributed by atoms with E-state index >= 15 is 0 Å². The average molecular weight is 420 g/mol. The Bertz CT molecular complexity index is 941. The van der Waals surface area contributed by atoms with Crippen LogP contribution in [-0.4, -0.2) is 5.78 Å². The molecule has 0 amide bonds. The molecule has 3 aromatic carbocycles. The lowest BCUT2D eigenvalue weighted by Crippen LogP contribution is -2.31. The van der Waals surface area contributed by atoms with Crippen LogP contribution in [0.3, 0.4) is 0 Å². The zero-order valence-corrected chi connectivity index (χ0v) is 18.6. The Balaban J connectivity index is 2.01. The summed E-state index contributed by atoms with van der Waals surface area (Å²) in [6.45, 7) is 4.12. The highest BCUT2D eigenvalue weighted by atomic mass is 31.2. The van der Waals surface area contributed by atoms with E-state index in [1.807, 2.05) is 91.9 Å². The van der Waals surface area contributed by atoms with Gasteiger partial charge in [-0.2, -0.15) is 0 Å². The fraction of sp³-hybridized carbons (Fsp3) is 0.269. The van der Waals surface area contributed by atoms with E-state index in [0.717, 1.165) is 34.6 Å². The topological polar surface area (TPSA) is 46.2 Å². The summed E-state index contributed by atoms with van der Waals surface area (Å²) in [6.07, 6.45) is 2.75. The Labute approximate surface area is 180 Å². The van der Waals surface area contributed by atoms with Crippen molar-refractivity contribution >= 4 is 23.7 Å². The molecule has 4 heteroatoms. The second-order valence-corrected chi connectivity index (χ2v) is 10.2. The number of carbonyl (C=O) groups is 1. The Morgan fingerprint density at radius 2 is 1.40 bits per heavy atom. The van der Waals surface area contributed by atoms with Gasteiger partial charge in [0.05, 0.1) is 0 Å². The van der Waals surface area contributed by atoms with Gasteiger partial charge in [-0.1, -0.05) is 79.6 Å². The highest BCUT2D eigenvalue weighted by Gasteiger charge is 2.31. The lowest BCUT2D eigenvalue weighted by atomic mass is 9.99. The van der Waals surface area contributed by atoms with Gasteiger partial charge in [0, 0.05) is 29.5 Å². The third kappa shape index (κ3) is 5.56. The summed E-state index contributed by atoms with van der Waals surface area (Å²) in [5.41, 5.74) is 2.14. The fourth-order valence-corrected chi connectivity index (χ4v) is 5.99. The van der Waals surface area contributed by atoms with E-state index < -0.39 is 7.29 Å². The first-order valence-corrected chi connectivity index (χ1v) is 12.3. The van der Waals surface area contributed by atoms with E-state index in [4.69, 9.17) is 0 Å². The number of rotatable bonds is 10. The van der Waals surface area contributed by atoms with Gasteiger partial charge in [0.1, 0.15) is 5.78 Å². The van der Waals surface area contributed by atoms with E-state index in [0.29, 0.717) is 12.8 Å². The summed E-state index contributed by atoms with van der Waals surface area (Å²) in [4.78, 5) is 12.7. The zero-order chi connectivity index (χ0) is 21.4. The zero-order valence-electron chi connectivity index (χ0n) is 17.8. The molecule has 0 aliphatic rings. The number of hydrogen-bond acceptors (Lipinski definition) is 2. The largest absolute Gasteiger partial charge is 0.300 e. The molecule has 30 heavy (non-hydrogen) atoms. The van der Waals surface area contributed by atoms with Crippen molar-refractivity contribution < 1.29 is 9.36 Å². The summed E-state index contributed by atoms with van der Waals surface area (Å²) in [5.74, 6) is 0.197. The molecule has 1 N–H and O–H groups in total. The molecule has 1 atom stereocenters. The van der Waals surface area contributed by atoms with Gasteiger partial charge in [0.15, 0.2) is 0 Å². The quantitative estimate of drug-likeness (QED) is 0.429. The molecule has 0 saturated heterocycles. The molecule has 1 unspecified atom stereocenters. The molecule has 0 aliphatic carbocycles. The smallest absolute Gasteiger partial charge is 0.205 e. The van der Waals surface area contributed by atoms with Crippen LogP contribution in [0.5, 0.6) is 0 Å². The van der Waals surface area contributed by atoms with Gasteiger partial charge in [-0.05, 0) is 43.2 Å². The predicted molar refractivity (Wildman–Crippen MR) is 126 cm³/mol. The summed E-state index contributed by atoms with van der Waals surface area (Å²) < 4.78 is 14.4. The van der Waals surface area contributed by atoms with Crippen molar-refractivity contribution in [3.05, 3.63) is 96.1 Å². The number of benzene rings is 3. The number of carbonyl (C=O) groups excluding carboxylic acids is 1. The van der Waals surface area contributed by atoms with Crippen LogP contribution in [0, 0.1) is 6.92 Å². The molecule has 156 valence electrons. The molecule has 3 aromatic rings. The number of Topliss-reactive ketones (excluding diaryl/α,β-unsaturated/α-hetero) is 1. The highest BCUT2D eigenvalue weighted by molar-refractivity contribution is 7.76. The second-order valence-electron chi connectivity index (χ2n) is 7.72. The first kappa shape index (κ1) is 22.2.